The zero-order valence-electron chi connectivity index (χ0n) is 6.22. The quantitative estimate of drug-likeness (QED) is 0.560. The predicted octanol–water partition coefficient (Wildman–Crippen LogP) is 0.792. The van der Waals surface area contributed by atoms with Crippen molar-refractivity contribution >= 4 is 0 Å². The summed E-state index contributed by atoms with van der Waals surface area (Å²) in [6.45, 7) is 6.30. The van der Waals surface area contributed by atoms with Crippen LogP contribution < -0.4 is 0 Å². The first-order valence-corrected chi connectivity index (χ1v) is 3.39. The third kappa shape index (κ3) is 1.10. The van der Waals surface area contributed by atoms with Gasteiger partial charge >= 0.3 is 0 Å². The van der Waals surface area contributed by atoms with Crippen molar-refractivity contribution in [2.75, 3.05) is 6.61 Å². The van der Waals surface area contributed by atoms with Gasteiger partial charge in [0.15, 0.2) is 0 Å². The summed E-state index contributed by atoms with van der Waals surface area (Å²) in [5.41, 5.74) is -0.214. The summed E-state index contributed by atoms with van der Waals surface area (Å²) in [5.74, 6) is 0.530. The van der Waals surface area contributed by atoms with Gasteiger partial charge in [-0.25, -0.2) is 0 Å². The van der Waals surface area contributed by atoms with E-state index in [1.807, 2.05) is 6.92 Å². The molecule has 1 aliphatic rings. The van der Waals surface area contributed by atoms with Crippen LogP contribution in [0.1, 0.15) is 20.8 Å². The molecule has 54 valence electrons. The smallest absolute Gasteiger partial charge is 0.115 e. The van der Waals surface area contributed by atoms with Crippen molar-refractivity contribution < 1.29 is 9.84 Å². The maximum Gasteiger partial charge on any atom is 0.115 e. The average molecular weight is 130 g/mol. The minimum absolute atomic E-state index is 0.149. The first kappa shape index (κ1) is 7.03. The minimum Gasteiger partial charge on any atom is -0.393 e. The Hall–Kier alpha value is -0.0800. The Balaban J connectivity index is 2.38. The van der Waals surface area contributed by atoms with Gasteiger partial charge in [-0.2, -0.15) is 0 Å². The van der Waals surface area contributed by atoms with Crippen LogP contribution in [0.2, 0.25) is 0 Å². The molecule has 1 saturated heterocycles. The molecule has 0 aromatic rings. The standard InChI is InChI=1S/C7H14O2/c1-5(2)6-7(3,4-8)9-6/h5-6,8H,4H2,1-3H3/t6-,7-/m0/s1. The van der Waals surface area contributed by atoms with E-state index in [4.69, 9.17) is 9.84 Å². The molecule has 0 aliphatic carbocycles. The van der Waals surface area contributed by atoms with Crippen molar-refractivity contribution in [1.82, 2.24) is 0 Å². The number of rotatable bonds is 2. The molecule has 0 aromatic heterocycles. The number of hydrogen-bond donors (Lipinski definition) is 1. The molecule has 0 bridgehead atoms. The first-order chi connectivity index (χ1) is 4.10. The van der Waals surface area contributed by atoms with Gasteiger partial charge in [0.05, 0.1) is 12.7 Å². The lowest BCUT2D eigenvalue weighted by Crippen LogP contribution is -2.18. The molecule has 0 amide bonds. The fourth-order valence-electron chi connectivity index (χ4n) is 1.22. The molecule has 1 aliphatic heterocycles. The molecule has 0 saturated carbocycles. The van der Waals surface area contributed by atoms with Crippen molar-refractivity contribution in [2.45, 2.75) is 32.5 Å². The number of hydrogen-bond acceptors (Lipinski definition) is 2. The lowest BCUT2D eigenvalue weighted by Gasteiger charge is -2.01. The molecule has 1 fully saturated rings. The van der Waals surface area contributed by atoms with Crippen molar-refractivity contribution in [3.8, 4) is 0 Å². The van der Waals surface area contributed by atoms with E-state index in [2.05, 4.69) is 13.8 Å². The molecule has 1 rings (SSSR count). The number of aliphatic hydroxyl groups is 1. The molecule has 0 spiro atoms. The van der Waals surface area contributed by atoms with Gasteiger partial charge < -0.3 is 9.84 Å². The monoisotopic (exact) mass is 130 g/mol. The van der Waals surface area contributed by atoms with E-state index in [0.717, 1.165) is 0 Å². The largest absolute Gasteiger partial charge is 0.393 e. The van der Waals surface area contributed by atoms with Gasteiger partial charge in [-0.15, -0.1) is 0 Å². The highest BCUT2D eigenvalue weighted by Crippen LogP contribution is 2.40. The Morgan fingerprint density at radius 2 is 2.22 bits per heavy atom. The van der Waals surface area contributed by atoms with E-state index < -0.39 is 0 Å². The highest BCUT2D eigenvalue weighted by Gasteiger charge is 2.53. The van der Waals surface area contributed by atoms with E-state index in [9.17, 15) is 0 Å². The van der Waals surface area contributed by atoms with Crippen LogP contribution in [0.5, 0.6) is 0 Å². The van der Waals surface area contributed by atoms with Crippen LogP contribution in [0.4, 0.5) is 0 Å². The second-order valence-corrected chi connectivity index (χ2v) is 3.25. The zero-order chi connectivity index (χ0) is 7.07. The fraction of sp³-hybridized carbons (Fsp3) is 1.00. The second kappa shape index (κ2) is 1.96. The molecule has 0 unspecified atom stereocenters. The SMILES string of the molecule is CC(C)[C@@H]1O[C@@]1(C)CO. The van der Waals surface area contributed by atoms with Crippen molar-refractivity contribution in [3.63, 3.8) is 0 Å². The number of ether oxygens (including phenoxy) is 1. The third-order valence-corrected chi connectivity index (χ3v) is 1.86. The van der Waals surface area contributed by atoms with Crippen LogP contribution in [0, 0.1) is 5.92 Å². The van der Waals surface area contributed by atoms with E-state index in [1.165, 1.54) is 0 Å². The molecule has 0 aromatic carbocycles. The maximum absolute atomic E-state index is 8.76. The molecule has 0 radical (unpaired) electrons. The summed E-state index contributed by atoms with van der Waals surface area (Å²) in [7, 11) is 0. The number of epoxide rings is 1. The Morgan fingerprint density at radius 3 is 2.33 bits per heavy atom. The normalized spacial score (nSPS) is 41.7. The lowest BCUT2D eigenvalue weighted by atomic mass is 10.0. The van der Waals surface area contributed by atoms with Gasteiger partial charge in [0, 0.05) is 0 Å². The van der Waals surface area contributed by atoms with Gasteiger partial charge in [-0.1, -0.05) is 13.8 Å². The van der Waals surface area contributed by atoms with E-state index in [0.29, 0.717) is 5.92 Å². The van der Waals surface area contributed by atoms with Crippen molar-refractivity contribution in [2.24, 2.45) is 5.92 Å². The molecule has 2 heteroatoms. The van der Waals surface area contributed by atoms with E-state index in [-0.39, 0.29) is 18.3 Å². The summed E-state index contributed by atoms with van der Waals surface area (Å²) in [6.07, 6.45) is 0.280. The molecule has 2 atom stereocenters. The fourth-order valence-corrected chi connectivity index (χ4v) is 1.22. The Kier molecular flexibility index (Phi) is 1.53. The predicted molar refractivity (Wildman–Crippen MR) is 35.2 cm³/mol. The minimum atomic E-state index is -0.214. The zero-order valence-corrected chi connectivity index (χ0v) is 6.22. The maximum atomic E-state index is 8.76. The van der Waals surface area contributed by atoms with Crippen LogP contribution in [0.3, 0.4) is 0 Å². The highest BCUT2D eigenvalue weighted by molar-refractivity contribution is 4.99. The first-order valence-electron chi connectivity index (χ1n) is 3.39. The second-order valence-electron chi connectivity index (χ2n) is 3.25. The lowest BCUT2D eigenvalue weighted by molar-refractivity contribution is 0.184. The van der Waals surface area contributed by atoms with Crippen molar-refractivity contribution in [3.05, 3.63) is 0 Å². The molecule has 1 heterocycles. The summed E-state index contributed by atoms with van der Waals surface area (Å²) in [4.78, 5) is 0. The van der Waals surface area contributed by atoms with Crippen LogP contribution >= 0.6 is 0 Å². The van der Waals surface area contributed by atoms with E-state index in [1.54, 1.807) is 0 Å². The van der Waals surface area contributed by atoms with Gasteiger partial charge in [0.2, 0.25) is 0 Å². The van der Waals surface area contributed by atoms with Gasteiger partial charge in [-0.05, 0) is 12.8 Å². The Morgan fingerprint density at radius 1 is 1.67 bits per heavy atom. The Labute approximate surface area is 55.8 Å². The van der Waals surface area contributed by atoms with Crippen LogP contribution in [0.25, 0.3) is 0 Å². The summed E-state index contributed by atoms with van der Waals surface area (Å²) in [6, 6.07) is 0. The molecule has 1 N–H and O–H groups in total. The van der Waals surface area contributed by atoms with Crippen LogP contribution in [-0.4, -0.2) is 23.4 Å². The highest BCUT2D eigenvalue weighted by atomic mass is 16.6. The third-order valence-electron chi connectivity index (χ3n) is 1.86. The molecule has 2 nitrogen and oxygen atoms in total. The summed E-state index contributed by atoms with van der Waals surface area (Å²) >= 11 is 0. The average Bonchev–Trinajstić information content (AvgIpc) is 2.44. The van der Waals surface area contributed by atoms with Crippen molar-refractivity contribution in [1.29, 1.82) is 0 Å². The summed E-state index contributed by atoms with van der Waals surface area (Å²) < 4.78 is 5.27. The van der Waals surface area contributed by atoms with Crippen LogP contribution in [0.15, 0.2) is 0 Å². The molecular formula is C7H14O2. The van der Waals surface area contributed by atoms with Gasteiger partial charge in [0.1, 0.15) is 5.60 Å². The van der Waals surface area contributed by atoms with Crippen LogP contribution in [-0.2, 0) is 4.74 Å². The molecule has 9 heavy (non-hydrogen) atoms. The molecular weight excluding hydrogens is 116 g/mol. The topological polar surface area (TPSA) is 32.8 Å². The number of aliphatic hydroxyl groups excluding tert-OH is 1. The van der Waals surface area contributed by atoms with E-state index >= 15 is 0 Å². The van der Waals surface area contributed by atoms with Gasteiger partial charge in [-0.3, -0.25) is 0 Å². The summed E-state index contributed by atoms with van der Waals surface area (Å²) in [5, 5.41) is 8.76. The van der Waals surface area contributed by atoms with Gasteiger partial charge in [0.25, 0.3) is 0 Å². The Bertz CT molecular complexity index is 111.